The molecule has 3 rings (SSSR count). The third kappa shape index (κ3) is 3.48. The third-order valence-corrected chi connectivity index (χ3v) is 4.66. The maximum absolute atomic E-state index is 12.4. The van der Waals surface area contributed by atoms with Crippen molar-refractivity contribution in [3.05, 3.63) is 47.2 Å². The van der Waals surface area contributed by atoms with Crippen LogP contribution in [0.5, 0.6) is 0 Å². The first-order valence-electron chi connectivity index (χ1n) is 8.03. The van der Waals surface area contributed by atoms with E-state index in [1.54, 1.807) is 18.2 Å². The number of halogens is 1. The number of likely N-dealkylation sites (tertiary alicyclic amines) is 1. The van der Waals surface area contributed by atoms with E-state index in [-0.39, 0.29) is 17.7 Å². The molecular formula is C18H21ClN2O3. The minimum Gasteiger partial charge on any atom is -0.451 e. The van der Waals surface area contributed by atoms with Gasteiger partial charge in [-0.25, -0.2) is 0 Å². The van der Waals surface area contributed by atoms with Crippen molar-refractivity contribution >= 4 is 17.5 Å². The second-order valence-corrected chi connectivity index (χ2v) is 6.75. The Hall–Kier alpha value is -1.82. The fourth-order valence-electron chi connectivity index (χ4n) is 2.89. The summed E-state index contributed by atoms with van der Waals surface area (Å²) in [5, 5.41) is 13.5. The summed E-state index contributed by atoms with van der Waals surface area (Å²) in [6, 6.07) is 10.7. The summed E-state index contributed by atoms with van der Waals surface area (Å²) in [5.74, 6) is 0.421. The predicted octanol–water partition coefficient (Wildman–Crippen LogP) is 2.78. The van der Waals surface area contributed by atoms with Crippen LogP contribution in [0, 0.1) is 0 Å². The van der Waals surface area contributed by atoms with Crippen molar-refractivity contribution in [3.8, 4) is 11.3 Å². The molecule has 0 aliphatic carbocycles. The van der Waals surface area contributed by atoms with Gasteiger partial charge >= 0.3 is 0 Å². The maximum atomic E-state index is 12.4. The molecule has 2 N–H and O–H groups in total. The van der Waals surface area contributed by atoms with Gasteiger partial charge in [0.25, 0.3) is 5.91 Å². The molecule has 0 spiro atoms. The number of carbonyl (C=O) groups is 1. The Kier molecular flexibility index (Phi) is 4.94. The molecule has 0 unspecified atom stereocenters. The summed E-state index contributed by atoms with van der Waals surface area (Å²) in [5.41, 5.74) is 0.741. The Morgan fingerprint density at radius 1 is 1.29 bits per heavy atom. The molecule has 1 amide bonds. The quantitative estimate of drug-likeness (QED) is 0.891. The summed E-state index contributed by atoms with van der Waals surface area (Å²) in [4.78, 5) is 14.5. The predicted molar refractivity (Wildman–Crippen MR) is 93.1 cm³/mol. The molecule has 128 valence electrons. The number of hydrogen-bond acceptors (Lipinski definition) is 4. The summed E-state index contributed by atoms with van der Waals surface area (Å²) >= 11 is 6.15. The number of furan rings is 1. The number of nitrogens with zero attached hydrogens (tertiary/aromatic N) is 1. The molecule has 1 aliphatic heterocycles. The zero-order valence-electron chi connectivity index (χ0n) is 13.7. The zero-order valence-corrected chi connectivity index (χ0v) is 14.5. The van der Waals surface area contributed by atoms with Crippen molar-refractivity contribution in [2.45, 2.75) is 32.0 Å². The topological polar surface area (TPSA) is 65.7 Å². The molecule has 1 aromatic heterocycles. The van der Waals surface area contributed by atoms with Crippen LogP contribution in [-0.4, -0.2) is 47.2 Å². The summed E-state index contributed by atoms with van der Waals surface area (Å²) in [6.45, 7) is 5.33. The minimum absolute atomic E-state index is 0.208. The van der Waals surface area contributed by atoms with E-state index >= 15 is 0 Å². The molecule has 2 aromatic rings. The van der Waals surface area contributed by atoms with Crippen LogP contribution in [0.1, 0.15) is 24.4 Å². The van der Waals surface area contributed by atoms with E-state index in [0.717, 1.165) is 5.56 Å². The van der Waals surface area contributed by atoms with Crippen LogP contribution in [0.3, 0.4) is 0 Å². The number of β-amino-alcohol motifs (C(OH)–C–C–N with tert-alkyl or cyclic N) is 1. The molecular weight excluding hydrogens is 328 g/mol. The second-order valence-electron chi connectivity index (χ2n) is 6.34. The van der Waals surface area contributed by atoms with Crippen LogP contribution < -0.4 is 5.32 Å². The average Bonchev–Trinajstić information content (AvgIpc) is 3.16. The van der Waals surface area contributed by atoms with Crippen LogP contribution >= 0.6 is 11.6 Å². The molecule has 0 radical (unpaired) electrons. The monoisotopic (exact) mass is 348 g/mol. The Morgan fingerprint density at radius 3 is 2.71 bits per heavy atom. The highest BCUT2D eigenvalue weighted by Crippen LogP contribution is 2.29. The van der Waals surface area contributed by atoms with Gasteiger partial charge in [-0.2, -0.15) is 0 Å². The maximum Gasteiger partial charge on any atom is 0.287 e. The Labute approximate surface area is 146 Å². The highest BCUT2D eigenvalue weighted by Gasteiger charge is 2.34. The Balaban J connectivity index is 1.70. The van der Waals surface area contributed by atoms with E-state index in [0.29, 0.717) is 29.9 Å². The van der Waals surface area contributed by atoms with Gasteiger partial charge in [0.1, 0.15) is 5.76 Å². The van der Waals surface area contributed by atoms with Crippen LogP contribution in [0.25, 0.3) is 11.3 Å². The standard InChI is InChI=1S/C18H21ClN2O3/c1-11(2)21-9-14(15(22)10-21)20-18(23)17-8-7-16(24-17)12-5-3-4-6-13(12)19/h3-8,11,14-15,22H,9-10H2,1-2H3,(H,20,23)/t14-,15-/m1/s1. The van der Waals surface area contributed by atoms with Crippen molar-refractivity contribution in [3.63, 3.8) is 0 Å². The summed E-state index contributed by atoms with van der Waals surface area (Å²) < 4.78 is 5.64. The Morgan fingerprint density at radius 2 is 2.04 bits per heavy atom. The zero-order chi connectivity index (χ0) is 17.3. The smallest absolute Gasteiger partial charge is 0.287 e. The molecule has 6 heteroatoms. The molecule has 2 heterocycles. The van der Waals surface area contributed by atoms with Crippen LogP contribution in [0.2, 0.25) is 5.02 Å². The lowest BCUT2D eigenvalue weighted by molar-refractivity contribution is 0.0862. The molecule has 0 bridgehead atoms. The van der Waals surface area contributed by atoms with Gasteiger partial charge in [-0.05, 0) is 38.1 Å². The van der Waals surface area contributed by atoms with Gasteiger partial charge in [0.15, 0.2) is 5.76 Å². The van der Waals surface area contributed by atoms with Gasteiger partial charge in [-0.1, -0.05) is 23.7 Å². The van der Waals surface area contributed by atoms with E-state index < -0.39 is 6.10 Å². The lowest BCUT2D eigenvalue weighted by atomic mass is 10.2. The molecule has 1 saturated heterocycles. The lowest BCUT2D eigenvalue weighted by Gasteiger charge is -2.19. The molecule has 1 fully saturated rings. The number of amides is 1. The van der Waals surface area contributed by atoms with Crippen molar-refractivity contribution in [1.82, 2.24) is 10.2 Å². The van der Waals surface area contributed by atoms with E-state index in [4.69, 9.17) is 16.0 Å². The van der Waals surface area contributed by atoms with Gasteiger partial charge in [-0.15, -0.1) is 0 Å². The van der Waals surface area contributed by atoms with Crippen molar-refractivity contribution in [1.29, 1.82) is 0 Å². The van der Waals surface area contributed by atoms with Gasteiger partial charge in [0, 0.05) is 24.7 Å². The van der Waals surface area contributed by atoms with Gasteiger partial charge in [0.2, 0.25) is 0 Å². The second kappa shape index (κ2) is 6.97. The Bertz CT molecular complexity index is 729. The molecule has 0 saturated carbocycles. The number of aliphatic hydroxyl groups is 1. The first-order chi connectivity index (χ1) is 11.5. The number of aliphatic hydroxyl groups excluding tert-OH is 1. The number of nitrogens with one attached hydrogen (secondary N) is 1. The van der Waals surface area contributed by atoms with Gasteiger partial charge in [0.05, 0.1) is 17.2 Å². The summed E-state index contributed by atoms with van der Waals surface area (Å²) in [7, 11) is 0. The molecule has 24 heavy (non-hydrogen) atoms. The molecule has 2 atom stereocenters. The van der Waals surface area contributed by atoms with Crippen molar-refractivity contribution in [2.75, 3.05) is 13.1 Å². The normalized spacial score (nSPS) is 21.4. The average molecular weight is 349 g/mol. The van der Waals surface area contributed by atoms with Gasteiger partial charge < -0.3 is 14.8 Å². The van der Waals surface area contributed by atoms with Crippen molar-refractivity contribution in [2.24, 2.45) is 0 Å². The number of carbonyl (C=O) groups excluding carboxylic acids is 1. The van der Waals surface area contributed by atoms with Crippen molar-refractivity contribution < 1.29 is 14.3 Å². The molecule has 1 aromatic carbocycles. The number of hydrogen-bond donors (Lipinski definition) is 2. The van der Waals surface area contributed by atoms with Crippen LogP contribution in [-0.2, 0) is 0 Å². The SMILES string of the molecule is CC(C)N1C[C@@H](O)[C@H](NC(=O)c2ccc(-c3ccccc3Cl)o2)C1. The first-order valence-corrected chi connectivity index (χ1v) is 8.41. The van der Waals surface area contributed by atoms with E-state index in [9.17, 15) is 9.90 Å². The molecule has 1 aliphatic rings. The van der Waals surface area contributed by atoms with E-state index in [2.05, 4.69) is 24.1 Å². The summed E-state index contributed by atoms with van der Waals surface area (Å²) in [6.07, 6.45) is -0.575. The fourth-order valence-corrected chi connectivity index (χ4v) is 3.11. The number of rotatable bonds is 4. The highest BCUT2D eigenvalue weighted by atomic mass is 35.5. The molecule has 5 nitrogen and oxygen atoms in total. The largest absolute Gasteiger partial charge is 0.451 e. The van der Waals surface area contributed by atoms with E-state index in [1.807, 2.05) is 18.2 Å². The van der Waals surface area contributed by atoms with E-state index in [1.165, 1.54) is 0 Å². The number of benzene rings is 1. The third-order valence-electron chi connectivity index (χ3n) is 4.33. The first kappa shape index (κ1) is 17.0. The minimum atomic E-state index is -0.575. The van der Waals surface area contributed by atoms with Gasteiger partial charge in [-0.3, -0.25) is 9.69 Å². The highest BCUT2D eigenvalue weighted by molar-refractivity contribution is 6.33. The van der Waals surface area contributed by atoms with Crippen LogP contribution in [0.4, 0.5) is 0 Å². The lowest BCUT2D eigenvalue weighted by Crippen LogP contribution is -2.43. The fraction of sp³-hybridized carbons (Fsp3) is 0.389. The van der Waals surface area contributed by atoms with Crippen LogP contribution in [0.15, 0.2) is 40.8 Å².